The molecule has 0 atom stereocenters. The molecule has 0 amide bonds. The first-order chi connectivity index (χ1) is 40.9. The van der Waals surface area contributed by atoms with Crippen LogP contribution in [-0.2, 0) is 53.7 Å². The molecule has 23 nitrogen and oxygen atoms in total. The van der Waals surface area contributed by atoms with E-state index in [2.05, 4.69) is 95.9 Å². The van der Waals surface area contributed by atoms with Crippen molar-refractivity contribution in [2.45, 2.75) is 39.5 Å². The minimum atomic E-state index is 0.327. The predicted molar refractivity (Wildman–Crippen MR) is 322 cm³/mol. The third kappa shape index (κ3) is 11.5. The number of thiazole rings is 2. The van der Waals surface area contributed by atoms with Crippen LogP contribution in [0.25, 0.3) is 51.2 Å². The maximum absolute atomic E-state index is 11.3. The molecule has 0 N–H and O–H groups in total. The molecule has 0 aliphatic carbocycles. The van der Waals surface area contributed by atoms with Crippen molar-refractivity contribution in [3.8, 4) is 85.8 Å². The largest absolute Gasteiger partial charge is 0.473 e. The van der Waals surface area contributed by atoms with Crippen molar-refractivity contribution in [3.63, 3.8) is 0 Å². The Morgan fingerprint density at radius 2 is 0.988 bits per heavy atom. The van der Waals surface area contributed by atoms with Gasteiger partial charge in [-0.25, -0.2) is 24.9 Å². The smallest absolute Gasteiger partial charge is 0.274 e. The number of carbonyl (C=O) groups is 1. The molecule has 11 aromatic rings. The van der Waals surface area contributed by atoms with Crippen molar-refractivity contribution in [2.24, 2.45) is 0 Å². The van der Waals surface area contributed by atoms with Gasteiger partial charge in [0.2, 0.25) is 0 Å². The zero-order valence-electron chi connectivity index (χ0n) is 44.9. The van der Waals surface area contributed by atoms with Crippen LogP contribution < -0.4 is 9.47 Å². The SMILES string of the molecule is C#Cc1ncn2c1Cn1c(COC)nnc1-c1cc(Cl)ccc1-2.COCc1nnc2n1Cc1c(C#Cc3cnc(OC)s3)ncn1-c1ccc(Cl)cc1-2.COCc1nnc2n1Cc1c(C=O)ncn1-c1ccc(Cl)cc1-2.COc1ncc(I)s1. The van der Waals surface area contributed by atoms with Gasteiger partial charge >= 0.3 is 0 Å². The van der Waals surface area contributed by atoms with Gasteiger partial charge in [0, 0.05) is 53.1 Å². The van der Waals surface area contributed by atoms with E-state index in [1.807, 2.05) is 75.9 Å². The van der Waals surface area contributed by atoms with Gasteiger partial charge in [-0.3, -0.25) is 18.5 Å². The number of halogens is 4. The van der Waals surface area contributed by atoms with Crippen LogP contribution in [0.2, 0.25) is 15.1 Å². The Bertz CT molecular complexity index is 4370. The number of hydrogen-bond donors (Lipinski definition) is 0. The summed E-state index contributed by atoms with van der Waals surface area (Å²) in [5.41, 5.74) is 9.59. The van der Waals surface area contributed by atoms with E-state index >= 15 is 0 Å². The quantitative estimate of drug-likeness (QED) is 0.0743. The van der Waals surface area contributed by atoms with Crippen LogP contribution in [0.15, 0.2) is 86.0 Å². The molecule has 0 spiro atoms. The van der Waals surface area contributed by atoms with Gasteiger partial charge in [0.1, 0.15) is 60.8 Å². The summed E-state index contributed by atoms with van der Waals surface area (Å²) in [5, 5.41) is 28.9. The van der Waals surface area contributed by atoms with E-state index in [-0.39, 0.29) is 0 Å². The van der Waals surface area contributed by atoms with Gasteiger partial charge < -0.3 is 37.4 Å². The second-order valence-corrected chi connectivity index (χ2v) is 23.2. The zero-order valence-corrected chi connectivity index (χ0v) is 50.9. The van der Waals surface area contributed by atoms with Crippen LogP contribution in [0.3, 0.4) is 0 Å². The van der Waals surface area contributed by atoms with Gasteiger partial charge in [0.15, 0.2) is 41.2 Å². The minimum absolute atomic E-state index is 0.327. The van der Waals surface area contributed by atoms with Crippen molar-refractivity contribution in [1.82, 2.24) is 82.9 Å². The molecule has 3 aliphatic rings. The highest BCUT2D eigenvalue weighted by Gasteiger charge is 2.29. The Labute approximate surface area is 515 Å². The van der Waals surface area contributed by atoms with Crippen molar-refractivity contribution < 1.29 is 28.5 Å². The average molecular weight is 1340 g/mol. The summed E-state index contributed by atoms with van der Waals surface area (Å²) in [4.78, 5) is 33.3. The molecule has 29 heteroatoms. The predicted octanol–water partition coefficient (Wildman–Crippen LogP) is 9.29. The molecule has 14 rings (SSSR count). The van der Waals surface area contributed by atoms with E-state index in [0.29, 0.717) is 88.4 Å². The first-order valence-corrected chi connectivity index (χ1v) is 28.7. The highest BCUT2D eigenvalue weighted by atomic mass is 127. The topological polar surface area (TPSA) is 235 Å². The van der Waals surface area contributed by atoms with Gasteiger partial charge in [0.25, 0.3) is 10.4 Å². The standard InChI is InChI=1S/C20H15ClN6O2S.C16H12ClN5O.C15H12ClN5O2.C4H4INOS/c1-28-10-18-24-25-19-14-7-12(21)3-6-16(14)27-11-23-15(17(27)9-26(18)19)5-4-13-8-22-20(29-2)30-13;1-3-12-14-7-21-15(8-23-2)19-20-16(21)11-6-10(17)4-5-13(11)22(14)9-18-12;1-23-7-14-18-19-15-10-4-9(16)2-3-12(10)21-8-17-11(6-22)13(21)5-20(14)15;1-7-4-6-2-3(5)8-4/h3,6-8,11H,9-10H2,1-2H3;1,4-6,9H,7-8H2,2H3;2-4,6,8H,5,7H2,1H3;2H,1H3. The van der Waals surface area contributed by atoms with Crippen LogP contribution >= 0.6 is 80.1 Å². The fourth-order valence-electron chi connectivity index (χ4n) is 9.36. The molecule has 3 aliphatic heterocycles. The number of aldehydes is 1. The number of methoxy groups -OCH3 is 5. The van der Waals surface area contributed by atoms with Crippen LogP contribution in [0.5, 0.6) is 10.4 Å². The lowest BCUT2D eigenvalue weighted by Gasteiger charge is -2.08. The first-order valence-electron chi connectivity index (χ1n) is 24.9. The summed E-state index contributed by atoms with van der Waals surface area (Å²) >= 11 is 23.8. The van der Waals surface area contributed by atoms with Crippen molar-refractivity contribution in [1.29, 1.82) is 0 Å². The number of carbonyl (C=O) groups excluding carboxylic acids is 1. The maximum Gasteiger partial charge on any atom is 0.274 e. The molecule has 0 saturated heterocycles. The summed E-state index contributed by atoms with van der Waals surface area (Å²) in [6.07, 6.45) is 15.0. The van der Waals surface area contributed by atoms with Crippen LogP contribution in [-0.4, -0.2) is 125 Å². The second-order valence-electron chi connectivity index (χ2n) is 18.0. The lowest BCUT2D eigenvalue weighted by atomic mass is 10.1. The minimum Gasteiger partial charge on any atom is -0.473 e. The second kappa shape index (κ2) is 25.4. The lowest BCUT2D eigenvalue weighted by Crippen LogP contribution is -2.09. The number of terminal acetylenes is 1. The number of ether oxygens (including phenoxy) is 5. The van der Waals surface area contributed by atoms with Crippen molar-refractivity contribution in [2.75, 3.05) is 35.5 Å². The molecule has 0 fully saturated rings. The molecule has 0 radical (unpaired) electrons. The molecule has 84 heavy (non-hydrogen) atoms. The fraction of sp³-hybridized carbons (Fsp3) is 0.200. The summed E-state index contributed by atoms with van der Waals surface area (Å²) in [6, 6.07) is 16.9. The summed E-state index contributed by atoms with van der Waals surface area (Å²) in [5.74, 6) is 13.2. The fourth-order valence-corrected chi connectivity index (χ4v) is 11.6. The van der Waals surface area contributed by atoms with E-state index in [9.17, 15) is 4.79 Å². The normalized spacial score (nSPS) is 11.7. The van der Waals surface area contributed by atoms with Gasteiger partial charge in [-0.1, -0.05) is 57.5 Å². The molecule has 11 heterocycles. The molecule has 0 bridgehead atoms. The van der Waals surface area contributed by atoms with Gasteiger partial charge in [0.05, 0.1) is 83.3 Å². The van der Waals surface area contributed by atoms with E-state index in [1.54, 1.807) is 84.3 Å². The molecule has 3 aromatic carbocycles. The highest BCUT2D eigenvalue weighted by Crippen LogP contribution is 2.37. The Balaban J connectivity index is 0.000000124. The van der Waals surface area contributed by atoms with Crippen molar-refractivity contribution in [3.05, 3.63) is 160 Å². The number of imidazole rings is 3. The number of nitrogens with zero attached hydrogens (tertiary/aromatic N) is 17. The van der Waals surface area contributed by atoms with Gasteiger partial charge in [-0.2, -0.15) is 0 Å². The molecule has 424 valence electrons. The van der Waals surface area contributed by atoms with Gasteiger partial charge in [-0.15, -0.1) is 37.0 Å². The van der Waals surface area contributed by atoms with Crippen molar-refractivity contribution >= 4 is 86.4 Å². The monoisotopic (exact) mass is 1330 g/mol. The van der Waals surface area contributed by atoms with E-state index in [4.69, 9.17) is 64.9 Å². The average Bonchev–Trinajstić information content (AvgIpc) is 4.06. The van der Waals surface area contributed by atoms with Crippen LogP contribution in [0, 0.1) is 27.1 Å². The highest BCUT2D eigenvalue weighted by molar-refractivity contribution is 14.1. The third-order valence-electron chi connectivity index (χ3n) is 13.1. The first kappa shape index (κ1) is 57.6. The van der Waals surface area contributed by atoms with E-state index in [1.165, 1.54) is 11.3 Å². The van der Waals surface area contributed by atoms with E-state index < -0.39 is 0 Å². The Morgan fingerprint density at radius 1 is 0.560 bits per heavy atom. The van der Waals surface area contributed by atoms with E-state index in [0.717, 1.165) is 93.4 Å². The van der Waals surface area contributed by atoms with Crippen LogP contribution in [0.4, 0.5) is 0 Å². The van der Waals surface area contributed by atoms with Gasteiger partial charge in [-0.05, 0) is 94.9 Å². The number of benzene rings is 3. The Kier molecular flexibility index (Phi) is 17.4. The summed E-state index contributed by atoms with van der Waals surface area (Å²) < 4.78 is 38.7. The molecule has 0 saturated carbocycles. The third-order valence-corrected chi connectivity index (χ3v) is 16.3. The molecule has 8 aromatic heterocycles. The molecule has 0 unspecified atom stereocenters. The van der Waals surface area contributed by atoms with Crippen LogP contribution in [0.1, 0.15) is 61.3 Å². The Morgan fingerprint density at radius 3 is 1.40 bits per heavy atom. The Hall–Kier alpha value is -8.16. The maximum atomic E-state index is 11.3. The zero-order chi connectivity index (χ0) is 58.6. The molecular weight excluding hydrogens is 1290 g/mol. The number of fused-ring (bicyclic) bond motifs is 15. The lowest BCUT2D eigenvalue weighted by molar-refractivity contribution is 0.111. The molecular formula is C55H43Cl3IN17O6S2. The summed E-state index contributed by atoms with van der Waals surface area (Å²) in [7, 11) is 8.07. The number of rotatable bonds is 9. The summed E-state index contributed by atoms with van der Waals surface area (Å²) in [6.45, 7) is 2.49. The number of aromatic nitrogens is 17. The number of hydrogen-bond acceptors (Lipinski definition) is 19.